The summed E-state index contributed by atoms with van der Waals surface area (Å²) in [6.07, 6.45) is 4.80. The molecular formula is C18H29N3O3. The first kappa shape index (κ1) is 17.3. The van der Waals surface area contributed by atoms with Crippen molar-refractivity contribution in [3.8, 4) is 0 Å². The van der Waals surface area contributed by atoms with E-state index in [9.17, 15) is 4.79 Å². The molecule has 0 bridgehead atoms. The number of hydrogen-bond acceptors (Lipinski definition) is 4. The first-order valence-corrected chi connectivity index (χ1v) is 9.01. The minimum absolute atomic E-state index is 0.0153. The van der Waals surface area contributed by atoms with E-state index in [1.165, 1.54) is 25.8 Å². The Morgan fingerprint density at radius 2 is 2.25 bits per heavy atom. The van der Waals surface area contributed by atoms with Crippen molar-refractivity contribution in [2.75, 3.05) is 33.4 Å². The van der Waals surface area contributed by atoms with Crippen LogP contribution in [0.15, 0.2) is 16.5 Å². The van der Waals surface area contributed by atoms with Crippen molar-refractivity contribution in [1.29, 1.82) is 0 Å². The number of piperidine rings is 1. The van der Waals surface area contributed by atoms with Crippen LogP contribution in [0.1, 0.15) is 37.2 Å². The lowest BCUT2D eigenvalue weighted by atomic mass is 9.99. The van der Waals surface area contributed by atoms with Crippen molar-refractivity contribution >= 4 is 6.03 Å². The van der Waals surface area contributed by atoms with Crippen LogP contribution in [0, 0.1) is 6.92 Å². The number of ether oxygens (including phenoxy) is 1. The number of amides is 2. The number of fused-ring (bicyclic) bond motifs is 1. The number of rotatable bonds is 6. The van der Waals surface area contributed by atoms with E-state index < -0.39 is 0 Å². The van der Waals surface area contributed by atoms with Crippen molar-refractivity contribution in [2.45, 2.75) is 51.2 Å². The highest BCUT2D eigenvalue weighted by molar-refractivity contribution is 5.74. The highest BCUT2D eigenvalue weighted by Crippen LogP contribution is 2.27. The van der Waals surface area contributed by atoms with Gasteiger partial charge in [-0.2, -0.15) is 0 Å². The molecule has 3 rings (SSSR count). The van der Waals surface area contributed by atoms with Crippen molar-refractivity contribution in [3.63, 3.8) is 0 Å². The van der Waals surface area contributed by atoms with Gasteiger partial charge in [-0.1, -0.05) is 6.42 Å². The Labute approximate surface area is 144 Å². The maximum absolute atomic E-state index is 12.8. The predicted octanol–water partition coefficient (Wildman–Crippen LogP) is 2.37. The fraction of sp³-hybridized carbons (Fsp3) is 0.722. The molecule has 0 saturated carbocycles. The summed E-state index contributed by atoms with van der Waals surface area (Å²) in [6, 6.07) is 4.62. The van der Waals surface area contributed by atoms with Crippen molar-refractivity contribution in [1.82, 2.24) is 15.1 Å². The van der Waals surface area contributed by atoms with Crippen molar-refractivity contribution in [2.24, 2.45) is 0 Å². The molecule has 2 aliphatic rings. The number of carbonyl (C=O) groups is 1. The highest BCUT2D eigenvalue weighted by atomic mass is 16.5. The molecule has 2 aliphatic heterocycles. The van der Waals surface area contributed by atoms with Gasteiger partial charge in [-0.3, -0.25) is 4.90 Å². The molecule has 2 fully saturated rings. The van der Waals surface area contributed by atoms with Gasteiger partial charge in [-0.05, 0) is 44.9 Å². The molecule has 6 nitrogen and oxygen atoms in total. The average Bonchev–Trinajstić information content (AvgIpc) is 3.18. The van der Waals surface area contributed by atoms with E-state index in [1.54, 1.807) is 12.0 Å². The maximum Gasteiger partial charge on any atom is 0.318 e. The molecule has 0 aromatic carbocycles. The molecular weight excluding hydrogens is 306 g/mol. The van der Waals surface area contributed by atoms with Crippen LogP contribution >= 0.6 is 0 Å². The number of nitrogens with one attached hydrogen (secondary N) is 1. The monoisotopic (exact) mass is 335 g/mol. The van der Waals surface area contributed by atoms with E-state index in [1.807, 2.05) is 19.1 Å². The normalized spacial score (nSPS) is 23.9. The van der Waals surface area contributed by atoms with Gasteiger partial charge < -0.3 is 19.4 Å². The summed E-state index contributed by atoms with van der Waals surface area (Å²) in [5.74, 6) is 1.68. The van der Waals surface area contributed by atoms with Crippen LogP contribution in [0.3, 0.4) is 0 Å². The van der Waals surface area contributed by atoms with Crippen LogP contribution in [-0.2, 0) is 11.3 Å². The summed E-state index contributed by atoms with van der Waals surface area (Å²) >= 11 is 0. The SMILES string of the molecule is COCCN(Cc1ccc(C)o1)C(=O)N[C@H]1CCN2CCCC[C@H]12. The van der Waals surface area contributed by atoms with E-state index in [2.05, 4.69) is 10.2 Å². The lowest BCUT2D eigenvalue weighted by Crippen LogP contribution is -2.51. The summed E-state index contributed by atoms with van der Waals surface area (Å²) in [6.45, 7) is 5.75. The molecule has 1 aromatic rings. The van der Waals surface area contributed by atoms with Crippen LogP contribution < -0.4 is 5.32 Å². The molecule has 24 heavy (non-hydrogen) atoms. The first-order valence-electron chi connectivity index (χ1n) is 9.01. The minimum atomic E-state index is -0.0153. The summed E-state index contributed by atoms with van der Waals surface area (Å²) in [7, 11) is 1.66. The molecule has 6 heteroatoms. The maximum atomic E-state index is 12.8. The van der Waals surface area contributed by atoms with E-state index in [4.69, 9.17) is 9.15 Å². The minimum Gasteiger partial charge on any atom is -0.464 e. The highest BCUT2D eigenvalue weighted by Gasteiger charge is 2.36. The fourth-order valence-electron chi connectivity index (χ4n) is 3.88. The third-order valence-corrected chi connectivity index (χ3v) is 5.16. The molecule has 1 aromatic heterocycles. The summed E-state index contributed by atoms with van der Waals surface area (Å²) in [5, 5.41) is 3.26. The van der Waals surface area contributed by atoms with Crippen molar-refractivity contribution in [3.05, 3.63) is 23.7 Å². The summed E-state index contributed by atoms with van der Waals surface area (Å²) in [5.41, 5.74) is 0. The Kier molecular flexibility index (Phi) is 5.79. The third kappa shape index (κ3) is 4.11. The molecule has 2 atom stereocenters. The van der Waals surface area contributed by atoms with Gasteiger partial charge in [-0.25, -0.2) is 4.79 Å². The Morgan fingerprint density at radius 1 is 1.38 bits per heavy atom. The molecule has 0 unspecified atom stereocenters. The number of aryl methyl sites for hydroxylation is 1. The van der Waals surface area contributed by atoms with E-state index in [-0.39, 0.29) is 12.1 Å². The second kappa shape index (κ2) is 8.03. The van der Waals surface area contributed by atoms with Gasteiger partial charge >= 0.3 is 6.03 Å². The van der Waals surface area contributed by atoms with Crippen LogP contribution in [0.4, 0.5) is 4.79 Å². The molecule has 1 N–H and O–H groups in total. The quantitative estimate of drug-likeness (QED) is 0.867. The lowest BCUT2D eigenvalue weighted by molar-refractivity contribution is 0.136. The zero-order valence-corrected chi connectivity index (χ0v) is 14.8. The number of furan rings is 1. The van der Waals surface area contributed by atoms with Crippen LogP contribution in [0.25, 0.3) is 0 Å². The van der Waals surface area contributed by atoms with Gasteiger partial charge in [0, 0.05) is 32.3 Å². The van der Waals surface area contributed by atoms with Crippen LogP contribution in [0.2, 0.25) is 0 Å². The Hall–Kier alpha value is -1.53. The standard InChI is InChI=1S/C18H29N3O3/c1-14-6-7-15(24-14)13-21(11-12-23-2)18(22)19-16-8-10-20-9-4-3-5-17(16)20/h6-7,16-17H,3-5,8-13H2,1-2H3,(H,19,22)/t16-,17+/m0/s1. The predicted molar refractivity (Wildman–Crippen MR) is 91.9 cm³/mol. The number of nitrogens with zero attached hydrogens (tertiary/aromatic N) is 2. The topological polar surface area (TPSA) is 58.0 Å². The van der Waals surface area contributed by atoms with Crippen molar-refractivity contribution < 1.29 is 13.9 Å². The van der Waals surface area contributed by atoms with Gasteiger partial charge in [0.1, 0.15) is 11.5 Å². The zero-order valence-electron chi connectivity index (χ0n) is 14.8. The van der Waals surface area contributed by atoms with Gasteiger partial charge in [0.05, 0.1) is 13.2 Å². The zero-order chi connectivity index (χ0) is 16.9. The number of urea groups is 1. The Balaban J connectivity index is 1.60. The Morgan fingerprint density at radius 3 is 3.00 bits per heavy atom. The van der Waals surface area contributed by atoms with E-state index in [0.29, 0.717) is 25.7 Å². The average molecular weight is 335 g/mol. The molecule has 2 amide bonds. The number of hydrogen-bond donors (Lipinski definition) is 1. The number of methoxy groups -OCH3 is 1. The first-order chi connectivity index (χ1) is 11.7. The summed E-state index contributed by atoms with van der Waals surface area (Å²) in [4.78, 5) is 17.1. The van der Waals surface area contributed by atoms with Gasteiger partial charge in [0.2, 0.25) is 0 Å². The van der Waals surface area contributed by atoms with E-state index in [0.717, 1.165) is 24.5 Å². The van der Waals surface area contributed by atoms with E-state index >= 15 is 0 Å². The smallest absolute Gasteiger partial charge is 0.318 e. The van der Waals surface area contributed by atoms with Gasteiger partial charge in [-0.15, -0.1) is 0 Å². The van der Waals surface area contributed by atoms with Gasteiger partial charge in [0.25, 0.3) is 0 Å². The fourth-order valence-corrected chi connectivity index (χ4v) is 3.88. The molecule has 0 spiro atoms. The number of carbonyl (C=O) groups excluding carboxylic acids is 1. The second-order valence-corrected chi connectivity index (χ2v) is 6.87. The lowest BCUT2D eigenvalue weighted by Gasteiger charge is -2.33. The molecule has 2 saturated heterocycles. The second-order valence-electron chi connectivity index (χ2n) is 6.87. The van der Waals surface area contributed by atoms with Crippen LogP contribution in [0.5, 0.6) is 0 Å². The summed E-state index contributed by atoms with van der Waals surface area (Å²) < 4.78 is 10.8. The van der Waals surface area contributed by atoms with Gasteiger partial charge in [0.15, 0.2) is 0 Å². The molecule has 3 heterocycles. The largest absolute Gasteiger partial charge is 0.464 e. The third-order valence-electron chi connectivity index (χ3n) is 5.16. The molecule has 0 radical (unpaired) electrons. The molecule has 0 aliphatic carbocycles. The Bertz CT molecular complexity index is 545. The molecule has 134 valence electrons. The van der Waals surface area contributed by atoms with Crippen LogP contribution in [-0.4, -0.2) is 61.3 Å².